The number of nitrogens with two attached hydrogens (primary N) is 1. The molecule has 0 radical (unpaired) electrons. The van der Waals surface area contributed by atoms with E-state index in [1.807, 2.05) is 79.7 Å². The number of hydrogen-bond acceptors (Lipinski definition) is 4. The summed E-state index contributed by atoms with van der Waals surface area (Å²) < 4.78 is 5.96. The van der Waals surface area contributed by atoms with Crippen LogP contribution >= 0.6 is 0 Å². The van der Waals surface area contributed by atoms with E-state index in [1.54, 1.807) is 12.1 Å². The maximum atomic E-state index is 12.9. The lowest BCUT2D eigenvalue weighted by molar-refractivity contribution is 0.0938. The number of carbonyl (C=O) groups excluding carboxylic acids is 2. The highest BCUT2D eigenvalue weighted by Crippen LogP contribution is 2.35. The molecular weight excluding hydrogens is 462 g/mol. The quantitative estimate of drug-likeness (QED) is 0.365. The fourth-order valence-electron chi connectivity index (χ4n) is 4.65. The summed E-state index contributed by atoms with van der Waals surface area (Å²) in [6, 6.07) is 31.0. The van der Waals surface area contributed by atoms with Crippen molar-refractivity contribution in [2.45, 2.75) is 19.5 Å². The van der Waals surface area contributed by atoms with Crippen molar-refractivity contribution in [2.24, 2.45) is 5.73 Å². The van der Waals surface area contributed by atoms with Gasteiger partial charge in [-0.2, -0.15) is 0 Å². The van der Waals surface area contributed by atoms with Gasteiger partial charge in [0, 0.05) is 17.7 Å². The molecule has 1 heterocycles. The van der Waals surface area contributed by atoms with E-state index in [2.05, 4.69) is 22.3 Å². The molecule has 4 aromatic rings. The summed E-state index contributed by atoms with van der Waals surface area (Å²) in [6.45, 7) is 3.93. The standard InChI is InChI=1S/C31H29N3O3/c1-21(22-7-3-2-4-8-22)33-31(36)25-15-16-28-29(19-25)37-18-17-34(28)20-26-9-5-6-10-27(26)23-11-13-24(14-12-23)30(32)35/h2-16,19,21H,17-18,20H2,1H3,(H2,32,35)(H,33,36). The van der Waals surface area contributed by atoms with Crippen molar-refractivity contribution in [1.82, 2.24) is 5.32 Å². The molecule has 0 saturated carbocycles. The minimum atomic E-state index is -0.438. The zero-order valence-electron chi connectivity index (χ0n) is 20.7. The molecular formula is C31H29N3O3. The first-order valence-corrected chi connectivity index (χ1v) is 12.4. The van der Waals surface area contributed by atoms with E-state index in [0.717, 1.165) is 34.5 Å². The summed E-state index contributed by atoms with van der Waals surface area (Å²) in [5, 5.41) is 3.07. The van der Waals surface area contributed by atoms with Crippen molar-refractivity contribution in [2.75, 3.05) is 18.1 Å². The number of anilines is 1. The molecule has 0 spiro atoms. The van der Waals surface area contributed by atoms with Gasteiger partial charge in [-0.1, -0.05) is 66.7 Å². The summed E-state index contributed by atoms with van der Waals surface area (Å²) in [7, 11) is 0. The van der Waals surface area contributed by atoms with Gasteiger partial charge in [-0.15, -0.1) is 0 Å². The molecule has 0 bridgehead atoms. The molecule has 3 N–H and O–H groups in total. The normalized spacial score (nSPS) is 13.3. The maximum Gasteiger partial charge on any atom is 0.251 e. The molecule has 0 aliphatic carbocycles. The molecule has 6 heteroatoms. The Labute approximate surface area is 216 Å². The van der Waals surface area contributed by atoms with Crippen LogP contribution in [0.2, 0.25) is 0 Å². The molecule has 0 fully saturated rings. The minimum Gasteiger partial charge on any atom is -0.490 e. The Bertz CT molecular complexity index is 1420. The third kappa shape index (κ3) is 5.33. The molecule has 186 valence electrons. The highest BCUT2D eigenvalue weighted by Gasteiger charge is 2.22. The van der Waals surface area contributed by atoms with Gasteiger partial charge in [0.25, 0.3) is 5.91 Å². The Morgan fingerprint density at radius 1 is 0.919 bits per heavy atom. The number of nitrogens with zero attached hydrogens (tertiary/aromatic N) is 1. The molecule has 1 aliphatic heterocycles. The van der Waals surface area contributed by atoms with E-state index >= 15 is 0 Å². The molecule has 0 aromatic heterocycles. The number of benzene rings is 4. The average Bonchev–Trinajstić information content (AvgIpc) is 2.93. The average molecular weight is 492 g/mol. The maximum absolute atomic E-state index is 12.9. The number of carbonyl (C=O) groups is 2. The first-order valence-electron chi connectivity index (χ1n) is 12.4. The Morgan fingerprint density at radius 3 is 2.38 bits per heavy atom. The van der Waals surface area contributed by atoms with E-state index in [1.165, 1.54) is 0 Å². The summed E-state index contributed by atoms with van der Waals surface area (Å²) in [5.74, 6) is 0.131. The Balaban J connectivity index is 1.35. The van der Waals surface area contributed by atoms with Crippen molar-refractivity contribution in [3.63, 3.8) is 0 Å². The SMILES string of the molecule is CC(NC(=O)c1ccc2c(c1)OCCN2Cc1ccccc1-c1ccc(C(N)=O)cc1)c1ccccc1. The van der Waals surface area contributed by atoms with Crippen LogP contribution in [0.25, 0.3) is 11.1 Å². The van der Waals surface area contributed by atoms with Crippen LogP contribution in [-0.2, 0) is 6.54 Å². The smallest absolute Gasteiger partial charge is 0.251 e. The van der Waals surface area contributed by atoms with Gasteiger partial charge < -0.3 is 20.7 Å². The van der Waals surface area contributed by atoms with E-state index < -0.39 is 5.91 Å². The lowest BCUT2D eigenvalue weighted by atomic mass is 9.98. The van der Waals surface area contributed by atoms with Gasteiger partial charge in [0.15, 0.2) is 0 Å². The summed E-state index contributed by atoms with van der Waals surface area (Å²) in [6.07, 6.45) is 0. The Morgan fingerprint density at radius 2 is 1.62 bits per heavy atom. The van der Waals surface area contributed by atoms with Crippen molar-refractivity contribution in [3.8, 4) is 16.9 Å². The molecule has 4 aromatic carbocycles. The number of fused-ring (bicyclic) bond motifs is 1. The van der Waals surface area contributed by atoms with Gasteiger partial charge in [-0.05, 0) is 59.5 Å². The summed E-state index contributed by atoms with van der Waals surface area (Å²) >= 11 is 0. The van der Waals surface area contributed by atoms with Crippen LogP contribution in [0, 0.1) is 0 Å². The van der Waals surface area contributed by atoms with Gasteiger partial charge in [0.05, 0.1) is 18.3 Å². The van der Waals surface area contributed by atoms with Gasteiger partial charge in [-0.25, -0.2) is 0 Å². The predicted molar refractivity (Wildman–Crippen MR) is 146 cm³/mol. The molecule has 1 unspecified atom stereocenters. The number of rotatable bonds is 7. The molecule has 1 aliphatic rings. The van der Waals surface area contributed by atoms with Crippen LogP contribution in [0.15, 0.2) is 97.1 Å². The van der Waals surface area contributed by atoms with E-state index in [-0.39, 0.29) is 11.9 Å². The Kier molecular flexibility index (Phi) is 6.90. The third-order valence-corrected chi connectivity index (χ3v) is 6.69. The van der Waals surface area contributed by atoms with E-state index in [9.17, 15) is 9.59 Å². The summed E-state index contributed by atoms with van der Waals surface area (Å²) in [5.41, 5.74) is 11.7. The van der Waals surface area contributed by atoms with Gasteiger partial charge >= 0.3 is 0 Å². The largest absolute Gasteiger partial charge is 0.490 e. The number of nitrogens with one attached hydrogen (secondary N) is 1. The van der Waals surface area contributed by atoms with Crippen molar-refractivity contribution >= 4 is 17.5 Å². The fraction of sp³-hybridized carbons (Fsp3) is 0.161. The zero-order valence-corrected chi connectivity index (χ0v) is 20.7. The summed E-state index contributed by atoms with van der Waals surface area (Å²) in [4.78, 5) is 26.7. The highest BCUT2D eigenvalue weighted by molar-refractivity contribution is 5.95. The molecule has 1 atom stereocenters. The third-order valence-electron chi connectivity index (χ3n) is 6.69. The van der Waals surface area contributed by atoms with Crippen LogP contribution in [0.3, 0.4) is 0 Å². The topological polar surface area (TPSA) is 84.7 Å². The van der Waals surface area contributed by atoms with Gasteiger partial charge in [0.1, 0.15) is 12.4 Å². The minimum absolute atomic E-state index is 0.101. The molecule has 6 nitrogen and oxygen atoms in total. The monoisotopic (exact) mass is 491 g/mol. The molecule has 5 rings (SSSR count). The van der Waals surface area contributed by atoms with Crippen molar-refractivity contribution in [1.29, 1.82) is 0 Å². The second-order valence-electron chi connectivity index (χ2n) is 9.16. The lowest BCUT2D eigenvalue weighted by Crippen LogP contribution is -2.33. The number of hydrogen-bond donors (Lipinski definition) is 2. The van der Waals surface area contributed by atoms with Gasteiger partial charge in [0.2, 0.25) is 5.91 Å². The molecule has 0 saturated heterocycles. The fourth-order valence-corrected chi connectivity index (χ4v) is 4.65. The van der Waals surface area contributed by atoms with Crippen molar-refractivity contribution in [3.05, 3.63) is 119 Å². The van der Waals surface area contributed by atoms with Crippen LogP contribution in [0.5, 0.6) is 5.75 Å². The first-order chi connectivity index (χ1) is 18.0. The Hall–Kier alpha value is -4.58. The van der Waals surface area contributed by atoms with Crippen LogP contribution in [-0.4, -0.2) is 25.0 Å². The second kappa shape index (κ2) is 10.6. The van der Waals surface area contributed by atoms with Gasteiger partial charge in [-0.3, -0.25) is 9.59 Å². The van der Waals surface area contributed by atoms with E-state index in [0.29, 0.717) is 30.0 Å². The first kappa shape index (κ1) is 24.1. The predicted octanol–water partition coefficient (Wildman–Crippen LogP) is 5.34. The van der Waals surface area contributed by atoms with Crippen LogP contribution in [0.4, 0.5) is 5.69 Å². The highest BCUT2D eigenvalue weighted by atomic mass is 16.5. The molecule has 37 heavy (non-hydrogen) atoms. The lowest BCUT2D eigenvalue weighted by Gasteiger charge is -2.32. The van der Waals surface area contributed by atoms with Crippen LogP contribution in [0.1, 0.15) is 44.8 Å². The van der Waals surface area contributed by atoms with Crippen LogP contribution < -0.4 is 20.7 Å². The zero-order chi connectivity index (χ0) is 25.8. The van der Waals surface area contributed by atoms with E-state index in [4.69, 9.17) is 10.5 Å². The second-order valence-corrected chi connectivity index (χ2v) is 9.16. The molecule has 2 amide bonds. The number of amides is 2. The number of ether oxygens (including phenoxy) is 1. The van der Waals surface area contributed by atoms with Crippen molar-refractivity contribution < 1.29 is 14.3 Å². The number of primary amides is 1.